The zero-order valence-electron chi connectivity index (χ0n) is 9.50. The van der Waals surface area contributed by atoms with Gasteiger partial charge in [-0.1, -0.05) is 27.5 Å². The lowest BCUT2D eigenvalue weighted by atomic mass is 10.2. The van der Waals surface area contributed by atoms with Crippen LogP contribution in [0.4, 0.5) is 13.2 Å². The minimum Gasteiger partial charge on any atom is -0.480 e. The third-order valence-electron chi connectivity index (χ3n) is 2.41. The van der Waals surface area contributed by atoms with Crippen LogP contribution >= 0.6 is 27.5 Å². The summed E-state index contributed by atoms with van der Waals surface area (Å²) in [6.07, 6.45) is -5.01. The molecule has 0 radical (unpaired) electrons. The summed E-state index contributed by atoms with van der Waals surface area (Å²) in [5, 5.41) is 8.09. The molecular weight excluding hydrogens is 348 g/mol. The molecule has 102 valence electrons. The Hall–Kier alpha value is -1.08. The van der Waals surface area contributed by atoms with Crippen LogP contribution in [0, 0.1) is 0 Å². The van der Waals surface area contributed by atoms with Gasteiger partial charge in [-0.25, -0.2) is 0 Å². The lowest BCUT2D eigenvalue weighted by Gasteiger charge is -2.19. The van der Waals surface area contributed by atoms with Crippen molar-refractivity contribution in [1.82, 2.24) is 10.2 Å². The number of hydrogen-bond donors (Lipinski definition) is 0. The number of aromatic nitrogens is 2. The molecular formula is C11H7BrClF3N2O. The Balaban J connectivity index is 2.53. The molecule has 0 saturated carbocycles. The summed E-state index contributed by atoms with van der Waals surface area (Å²) >= 11 is 9.06. The van der Waals surface area contributed by atoms with E-state index in [0.29, 0.717) is 15.2 Å². The topological polar surface area (TPSA) is 35.0 Å². The maximum absolute atomic E-state index is 12.5. The zero-order chi connectivity index (χ0) is 14.2. The maximum Gasteiger partial charge on any atom is 0.425 e. The largest absolute Gasteiger partial charge is 0.480 e. The van der Waals surface area contributed by atoms with E-state index in [1.165, 1.54) is 12.3 Å². The van der Waals surface area contributed by atoms with Gasteiger partial charge in [-0.3, -0.25) is 0 Å². The van der Waals surface area contributed by atoms with Gasteiger partial charge in [0, 0.05) is 9.86 Å². The van der Waals surface area contributed by atoms with Gasteiger partial charge < -0.3 is 4.74 Å². The van der Waals surface area contributed by atoms with Gasteiger partial charge >= 0.3 is 6.18 Å². The van der Waals surface area contributed by atoms with Crippen LogP contribution in [0.15, 0.2) is 22.8 Å². The molecule has 0 fully saturated rings. The molecule has 0 spiro atoms. The number of benzene rings is 1. The molecule has 0 aliphatic carbocycles. The van der Waals surface area contributed by atoms with Crippen molar-refractivity contribution in [3.63, 3.8) is 0 Å². The molecule has 2 aromatic rings. The first-order valence-electron chi connectivity index (χ1n) is 5.13. The molecule has 1 atom stereocenters. The van der Waals surface area contributed by atoms with E-state index in [9.17, 15) is 13.2 Å². The van der Waals surface area contributed by atoms with Crippen molar-refractivity contribution in [2.75, 3.05) is 0 Å². The summed E-state index contributed by atoms with van der Waals surface area (Å²) in [5.41, 5.74) is 0. The predicted molar refractivity (Wildman–Crippen MR) is 68.4 cm³/mol. The van der Waals surface area contributed by atoms with Gasteiger partial charge in [0.25, 0.3) is 0 Å². The fraction of sp³-hybridized carbons (Fsp3) is 0.273. The van der Waals surface area contributed by atoms with Gasteiger partial charge in [0.1, 0.15) is 5.75 Å². The molecule has 8 heteroatoms. The van der Waals surface area contributed by atoms with Crippen molar-refractivity contribution in [2.45, 2.75) is 19.2 Å². The number of ether oxygens (including phenoxy) is 1. The van der Waals surface area contributed by atoms with Gasteiger partial charge in [-0.2, -0.15) is 18.3 Å². The number of nitrogens with zero attached hydrogens (tertiary/aromatic N) is 2. The Kier molecular flexibility index (Phi) is 3.87. The quantitative estimate of drug-likeness (QED) is 0.802. The van der Waals surface area contributed by atoms with Crippen LogP contribution in [0.2, 0.25) is 5.15 Å². The molecule has 1 aromatic carbocycles. The van der Waals surface area contributed by atoms with Crippen LogP contribution in [0.25, 0.3) is 10.8 Å². The summed E-state index contributed by atoms with van der Waals surface area (Å²) in [5.74, 6) is 0.00843. The van der Waals surface area contributed by atoms with Crippen LogP contribution in [0.5, 0.6) is 5.75 Å². The molecule has 0 bridgehead atoms. The molecule has 0 amide bonds. The Labute approximate surface area is 119 Å². The van der Waals surface area contributed by atoms with E-state index < -0.39 is 12.3 Å². The number of hydrogen-bond acceptors (Lipinski definition) is 3. The number of fused-ring (bicyclic) bond motifs is 1. The highest BCUT2D eigenvalue weighted by molar-refractivity contribution is 9.10. The second kappa shape index (κ2) is 5.13. The third-order valence-corrected chi connectivity index (χ3v) is 3.13. The van der Waals surface area contributed by atoms with E-state index in [2.05, 4.69) is 26.1 Å². The van der Waals surface area contributed by atoms with Crippen molar-refractivity contribution < 1.29 is 17.9 Å². The molecule has 19 heavy (non-hydrogen) atoms. The highest BCUT2D eigenvalue weighted by Crippen LogP contribution is 2.35. The van der Waals surface area contributed by atoms with E-state index in [0.717, 1.165) is 6.92 Å². The van der Waals surface area contributed by atoms with Gasteiger partial charge in [-0.15, -0.1) is 5.10 Å². The lowest BCUT2D eigenvalue weighted by Crippen LogP contribution is -2.31. The summed E-state index contributed by atoms with van der Waals surface area (Å²) < 4.78 is 43.1. The minimum absolute atomic E-state index is 0.00521. The second-order valence-electron chi connectivity index (χ2n) is 3.81. The van der Waals surface area contributed by atoms with E-state index in [1.807, 2.05) is 0 Å². The van der Waals surface area contributed by atoms with Crippen molar-refractivity contribution in [2.24, 2.45) is 0 Å². The van der Waals surface area contributed by atoms with Crippen molar-refractivity contribution >= 4 is 38.3 Å². The Morgan fingerprint density at radius 2 is 2.05 bits per heavy atom. The van der Waals surface area contributed by atoms with Crippen LogP contribution in [-0.2, 0) is 0 Å². The summed E-state index contributed by atoms with van der Waals surface area (Å²) in [7, 11) is 0. The minimum atomic E-state index is -4.46. The van der Waals surface area contributed by atoms with E-state index in [-0.39, 0.29) is 10.9 Å². The van der Waals surface area contributed by atoms with Crippen LogP contribution in [0.3, 0.4) is 0 Å². The van der Waals surface area contributed by atoms with Crippen LogP contribution in [-0.4, -0.2) is 22.5 Å². The first kappa shape index (κ1) is 14.3. The second-order valence-corrected chi connectivity index (χ2v) is 5.08. The molecule has 2 rings (SSSR count). The predicted octanol–water partition coefficient (Wildman–Crippen LogP) is 4.38. The average Bonchev–Trinajstić information content (AvgIpc) is 2.26. The van der Waals surface area contributed by atoms with Gasteiger partial charge in [0.2, 0.25) is 0 Å². The normalized spacial score (nSPS) is 13.6. The molecule has 1 aromatic heterocycles. The van der Waals surface area contributed by atoms with Crippen molar-refractivity contribution in [3.8, 4) is 5.75 Å². The third kappa shape index (κ3) is 3.09. The fourth-order valence-electron chi connectivity index (χ4n) is 1.47. The Morgan fingerprint density at radius 1 is 1.37 bits per heavy atom. The standard InChI is InChI=1S/C11H7BrClF3N2O/c1-5(11(14,15)16)19-8-3-7(12)2-6-4-17-18-10(13)9(6)8/h2-5H,1H3/t5-/m0/s1. The molecule has 0 aliphatic rings. The van der Waals surface area contributed by atoms with Crippen LogP contribution < -0.4 is 4.74 Å². The average molecular weight is 356 g/mol. The van der Waals surface area contributed by atoms with Crippen molar-refractivity contribution in [3.05, 3.63) is 28.0 Å². The van der Waals surface area contributed by atoms with E-state index >= 15 is 0 Å². The number of rotatable bonds is 2. The highest BCUT2D eigenvalue weighted by atomic mass is 79.9. The molecule has 0 saturated heterocycles. The summed E-state index contributed by atoms with van der Waals surface area (Å²) in [6.45, 7) is 0.926. The Bertz CT molecular complexity index is 621. The Morgan fingerprint density at radius 3 is 2.68 bits per heavy atom. The number of halogens is 5. The molecule has 1 heterocycles. The number of alkyl halides is 3. The monoisotopic (exact) mass is 354 g/mol. The van der Waals surface area contributed by atoms with Crippen LogP contribution in [0.1, 0.15) is 6.92 Å². The summed E-state index contributed by atoms with van der Waals surface area (Å²) in [4.78, 5) is 0. The molecule has 0 aliphatic heterocycles. The summed E-state index contributed by atoms with van der Waals surface area (Å²) in [6, 6.07) is 3.08. The van der Waals surface area contributed by atoms with E-state index in [1.54, 1.807) is 6.07 Å². The highest BCUT2D eigenvalue weighted by Gasteiger charge is 2.38. The van der Waals surface area contributed by atoms with Gasteiger partial charge in [0.15, 0.2) is 11.3 Å². The van der Waals surface area contributed by atoms with Gasteiger partial charge in [0.05, 0.1) is 11.6 Å². The van der Waals surface area contributed by atoms with E-state index in [4.69, 9.17) is 16.3 Å². The SMILES string of the molecule is C[C@H](Oc1cc(Br)cc2cnnc(Cl)c12)C(F)(F)F. The molecule has 3 nitrogen and oxygen atoms in total. The first-order valence-corrected chi connectivity index (χ1v) is 6.30. The lowest BCUT2D eigenvalue weighted by molar-refractivity contribution is -0.189. The van der Waals surface area contributed by atoms with Gasteiger partial charge in [-0.05, 0) is 19.1 Å². The van der Waals surface area contributed by atoms with Crippen molar-refractivity contribution in [1.29, 1.82) is 0 Å². The zero-order valence-corrected chi connectivity index (χ0v) is 11.8. The maximum atomic E-state index is 12.5. The smallest absolute Gasteiger partial charge is 0.425 e. The molecule has 0 N–H and O–H groups in total. The molecule has 0 unspecified atom stereocenters. The fourth-order valence-corrected chi connectivity index (χ4v) is 2.17. The first-order chi connectivity index (χ1) is 8.79.